The second-order valence-electron chi connectivity index (χ2n) is 4.73. The molecule has 0 aliphatic rings. The summed E-state index contributed by atoms with van der Waals surface area (Å²) in [5, 5.41) is 2.70. The van der Waals surface area contributed by atoms with Crippen LogP contribution in [-0.2, 0) is 16.6 Å². The van der Waals surface area contributed by atoms with Crippen LogP contribution in [0.5, 0.6) is 0 Å². The summed E-state index contributed by atoms with van der Waals surface area (Å²) in [7, 11) is 1.73. The number of amides is 1. The smallest absolute Gasteiger partial charge is 0.355 e. The summed E-state index contributed by atoms with van der Waals surface area (Å²) >= 11 is 6.78. The number of hydrogen-bond donors (Lipinski definition) is 1. The Morgan fingerprint density at radius 3 is 2.45 bits per heavy atom. The van der Waals surface area contributed by atoms with Gasteiger partial charge in [-0.15, -0.1) is 0 Å². The summed E-state index contributed by atoms with van der Waals surface area (Å²) in [6.07, 6.45) is 1.73. The number of halogens is 2. The topological polar surface area (TPSA) is 60.3 Å². The average Bonchev–Trinajstić information content (AvgIpc) is 2.86. The second-order valence-corrected chi connectivity index (χ2v) is 6.44. The molecule has 0 atom stereocenters. The summed E-state index contributed by atoms with van der Waals surface area (Å²) < 4.78 is 8.14. The number of carbonyl (C=O) groups is 2. The molecule has 0 radical (unpaired) electrons. The fourth-order valence-electron chi connectivity index (χ4n) is 1.87. The molecule has 0 unspecified atom stereocenters. The number of anilines is 1. The highest BCUT2D eigenvalue weighted by Gasteiger charge is 2.14. The van der Waals surface area contributed by atoms with Crippen molar-refractivity contribution < 1.29 is 14.3 Å². The van der Waals surface area contributed by atoms with Crippen molar-refractivity contribution in [2.24, 2.45) is 7.05 Å². The normalized spacial score (nSPS) is 10.4. The lowest BCUT2D eigenvalue weighted by molar-refractivity contribution is -0.119. The predicted molar refractivity (Wildman–Crippen MR) is 90.9 cm³/mol. The van der Waals surface area contributed by atoms with Gasteiger partial charge in [0.2, 0.25) is 0 Å². The van der Waals surface area contributed by atoms with Crippen molar-refractivity contribution in [3.8, 4) is 0 Å². The zero-order chi connectivity index (χ0) is 16.3. The van der Waals surface area contributed by atoms with Crippen molar-refractivity contribution in [1.82, 2.24) is 4.57 Å². The van der Waals surface area contributed by atoms with Gasteiger partial charge in [0, 0.05) is 22.2 Å². The molecule has 22 heavy (non-hydrogen) atoms. The molecule has 0 spiro atoms. The molecule has 1 aromatic carbocycles. The molecule has 2 rings (SSSR count). The van der Waals surface area contributed by atoms with Crippen molar-refractivity contribution in [2.75, 3.05) is 11.9 Å². The van der Waals surface area contributed by atoms with E-state index >= 15 is 0 Å². The Balaban J connectivity index is 1.97. The number of aromatic nitrogens is 1. The maximum Gasteiger partial charge on any atom is 0.355 e. The lowest BCUT2D eigenvalue weighted by Crippen LogP contribution is -2.22. The lowest BCUT2D eigenvalue weighted by Gasteiger charge is -2.11. The van der Waals surface area contributed by atoms with Gasteiger partial charge in [-0.05, 0) is 68.6 Å². The first-order chi connectivity index (χ1) is 10.4. The van der Waals surface area contributed by atoms with Crippen molar-refractivity contribution in [3.05, 3.63) is 50.7 Å². The van der Waals surface area contributed by atoms with Crippen LogP contribution in [0.1, 0.15) is 16.1 Å². The van der Waals surface area contributed by atoms with E-state index in [0.717, 1.165) is 14.5 Å². The molecule has 0 saturated carbocycles. The minimum atomic E-state index is -0.537. The first kappa shape index (κ1) is 16.8. The number of rotatable bonds is 4. The summed E-state index contributed by atoms with van der Waals surface area (Å²) in [4.78, 5) is 23.7. The number of nitrogens with zero attached hydrogens (tertiary/aromatic N) is 1. The summed E-state index contributed by atoms with van der Waals surface area (Å²) in [6, 6.07) is 7.14. The molecule has 1 amide bonds. The van der Waals surface area contributed by atoms with Gasteiger partial charge in [0.1, 0.15) is 5.69 Å². The minimum Gasteiger partial charge on any atom is -0.451 e. The van der Waals surface area contributed by atoms with Crippen LogP contribution in [0.15, 0.2) is 39.4 Å². The van der Waals surface area contributed by atoms with Crippen LogP contribution < -0.4 is 5.32 Å². The number of nitrogens with one attached hydrogen (secondary N) is 1. The highest BCUT2D eigenvalue weighted by Crippen LogP contribution is 2.32. The van der Waals surface area contributed by atoms with Crippen molar-refractivity contribution in [1.29, 1.82) is 0 Å². The fourth-order valence-corrected chi connectivity index (χ4v) is 3.49. The zero-order valence-electron chi connectivity index (χ0n) is 12.0. The Morgan fingerprint density at radius 1 is 1.27 bits per heavy atom. The van der Waals surface area contributed by atoms with Crippen LogP contribution in [0.2, 0.25) is 0 Å². The predicted octanol–water partition coefficient (Wildman–Crippen LogP) is 3.65. The van der Waals surface area contributed by atoms with Gasteiger partial charge in [-0.2, -0.15) is 0 Å². The molecule has 1 aromatic heterocycles. The Hall–Kier alpha value is -1.60. The van der Waals surface area contributed by atoms with Crippen LogP contribution in [0.3, 0.4) is 0 Å². The van der Waals surface area contributed by atoms with E-state index < -0.39 is 11.9 Å². The standard InChI is InChI=1S/C15H14Br2N2O3/c1-9-6-10(16)14(11(17)7-9)18-13(20)8-22-15(21)12-4-3-5-19(12)2/h3-7H,8H2,1-2H3,(H,18,20). The molecule has 116 valence electrons. The zero-order valence-corrected chi connectivity index (χ0v) is 15.2. The molecular formula is C15H14Br2N2O3. The van der Waals surface area contributed by atoms with Crippen molar-refractivity contribution >= 4 is 49.4 Å². The average molecular weight is 430 g/mol. The molecule has 2 aromatic rings. The fraction of sp³-hybridized carbons (Fsp3) is 0.200. The third-order valence-electron chi connectivity index (χ3n) is 2.94. The van der Waals surface area contributed by atoms with Crippen LogP contribution in [0, 0.1) is 6.92 Å². The van der Waals surface area contributed by atoms with E-state index in [1.165, 1.54) is 0 Å². The molecule has 5 nitrogen and oxygen atoms in total. The second kappa shape index (κ2) is 7.11. The number of benzene rings is 1. The SMILES string of the molecule is Cc1cc(Br)c(NC(=O)COC(=O)c2cccn2C)c(Br)c1. The Labute approximate surface area is 144 Å². The summed E-state index contributed by atoms with van der Waals surface area (Å²) in [5.74, 6) is -0.947. The Morgan fingerprint density at radius 2 is 1.91 bits per heavy atom. The molecule has 1 heterocycles. The van der Waals surface area contributed by atoms with Crippen LogP contribution >= 0.6 is 31.9 Å². The number of ether oxygens (including phenoxy) is 1. The quantitative estimate of drug-likeness (QED) is 0.754. The van der Waals surface area contributed by atoms with E-state index in [2.05, 4.69) is 37.2 Å². The van der Waals surface area contributed by atoms with Gasteiger partial charge in [-0.1, -0.05) is 0 Å². The number of hydrogen-bond acceptors (Lipinski definition) is 3. The van der Waals surface area contributed by atoms with E-state index in [4.69, 9.17) is 4.74 Å². The first-order valence-electron chi connectivity index (χ1n) is 6.42. The van der Waals surface area contributed by atoms with E-state index in [-0.39, 0.29) is 6.61 Å². The van der Waals surface area contributed by atoms with Gasteiger partial charge in [0.25, 0.3) is 5.91 Å². The summed E-state index contributed by atoms with van der Waals surface area (Å²) in [6.45, 7) is 1.60. The molecule has 7 heteroatoms. The lowest BCUT2D eigenvalue weighted by atomic mass is 10.2. The molecule has 1 N–H and O–H groups in total. The summed E-state index contributed by atoms with van der Waals surface area (Å²) in [5.41, 5.74) is 2.04. The van der Waals surface area contributed by atoms with E-state index in [1.54, 1.807) is 29.9 Å². The molecule has 0 aliphatic heterocycles. The molecule has 0 fully saturated rings. The van der Waals surface area contributed by atoms with Crippen molar-refractivity contribution in [3.63, 3.8) is 0 Å². The van der Waals surface area contributed by atoms with Gasteiger partial charge in [0.05, 0.1) is 5.69 Å². The van der Waals surface area contributed by atoms with Gasteiger partial charge in [-0.25, -0.2) is 4.79 Å². The monoisotopic (exact) mass is 428 g/mol. The molecule has 0 aliphatic carbocycles. The van der Waals surface area contributed by atoms with Gasteiger partial charge < -0.3 is 14.6 Å². The molecule has 0 saturated heterocycles. The Bertz CT molecular complexity index is 702. The number of carbonyl (C=O) groups excluding carboxylic acids is 2. The third kappa shape index (κ3) is 3.98. The van der Waals surface area contributed by atoms with Crippen molar-refractivity contribution in [2.45, 2.75) is 6.92 Å². The highest BCUT2D eigenvalue weighted by atomic mass is 79.9. The van der Waals surface area contributed by atoms with Crippen LogP contribution in [0.4, 0.5) is 5.69 Å². The maximum atomic E-state index is 11.9. The van der Waals surface area contributed by atoms with Gasteiger partial charge >= 0.3 is 5.97 Å². The largest absolute Gasteiger partial charge is 0.451 e. The first-order valence-corrected chi connectivity index (χ1v) is 8.01. The van der Waals surface area contributed by atoms with E-state index in [0.29, 0.717) is 11.4 Å². The highest BCUT2D eigenvalue weighted by molar-refractivity contribution is 9.11. The molecule has 0 bridgehead atoms. The van der Waals surface area contributed by atoms with Gasteiger partial charge in [0.15, 0.2) is 6.61 Å². The van der Waals surface area contributed by atoms with Crippen LogP contribution in [0.25, 0.3) is 0 Å². The van der Waals surface area contributed by atoms with Crippen LogP contribution in [-0.4, -0.2) is 23.1 Å². The van der Waals surface area contributed by atoms with Gasteiger partial charge in [-0.3, -0.25) is 4.79 Å². The molecular weight excluding hydrogens is 416 g/mol. The Kier molecular flexibility index (Phi) is 5.42. The van der Waals surface area contributed by atoms with E-state index in [1.807, 2.05) is 19.1 Å². The number of esters is 1. The maximum absolute atomic E-state index is 11.9. The number of aryl methyl sites for hydroxylation is 2. The third-order valence-corrected chi connectivity index (χ3v) is 4.19. The van der Waals surface area contributed by atoms with E-state index in [9.17, 15) is 9.59 Å². The minimum absolute atomic E-state index is 0.350.